The lowest BCUT2D eigenvalue weighted by Crippen LogP contribution is -2.23. The molecule has 21 heavy (non-hydrogen) atoms. The maximum atomic E-state index is 12.6. The first-order valence-corrected chi connectivity index (χ1v) is 8.10. The number of aryl methyl sites for hydroxylation is 1. The summed E-state index contributed by atoms with van der Waals surface area (Å²) in [5.74, 6) is 0. The van der Waals surface area contributed by atoms with Gasteiger partial charge in [0.05, 0.1) is 10.5 Å². The topological polar surface area (TPSA) is 66.4 Å². The molecule has 5 heteroatoms. The molecule has 0 aliphatic rings. The summed E-state index contributed by atoms with van der Waals surface area (Å²) in [4.78, 5) is 0.0875. The van der Waals surface area contributed by atoms with Crippen molar-refractivity contribution in [1.82, 2.24) is 0 Å². The Kier molecular flexibility index (Phi) is 4.07. The van der Waals surface area contributed by atoms with Gasteiger partial charge in [-0.15, -0.1) is 0 Å². The second kappa shape index (κ2) is 5.50. The third-order valence-electron chi connectivity index (χ3n) is 3.11. The zero-order valence-electron chi connectivity index (χ0n) is 12.3. The van der Waals surface area contributed by atoms with Gasteiger partial charge in [-0.3, -0.25) is 4.72 Å². The van der Waals surface area contributed by atoms with Gasteiger partial charge in [-0.1, -0.05) is 35.9 Å². The van der Waals surface area contributed by atoms with E-state index in [9.17, 15) is 13.5 Å². The fraction of sp³-hybridized carbons (Fsp3) is 0.250. The second-order valence-corrected chi connectivity index (χ2v) is 7.18. The van der Waals surface area contributed by atoms with Crippen LogP contribution < -0.4 is 4.72 Å². The summed E-state index contributed by atoms with van der Waals surface area (Å²) >= 11 is 0. The lowest BCUT2D eigenvalue weighted by Gasteiger charge is -2.22. The van der Waals surface area contributed by atoms with E-state index >= 15 is 0 Å². The van der Waals surface area contributed by atoms with Gasteiger partial charge in [0.1, 0.15) is 0 Å². The predicted octanol–water partition coefficient (Wildman–Crippen LogP) is 3.02. The molecule has 0 spiro atoms. The number of hydrogen-bond acceptors (Lipinski definition) is 3. The largest absolute Gasteiger partial charge is 0.386 e. The van der Waals surface area contributed by atoms with Crippen molar-refractivity contribution in [2.75, 3.05) is 4.72 Å². The molecule has 0 aliphatic carbocycles. The highest BCUT2D eigenvalue weighted by molar-refractivity contribution is 7.92. The van der Waals surface area contributed by atoms with Gasteiger partial charge in [-0.2, -0.15) is 0 Å². The predicted molar refractivity (Wildman–Crippen MR) is 83.7 cm³/mol. The highest BCUT2D eigenvalue weighted by atomic mass is 32.2. The van der Waals surface area contributed by atoms with Gasteiger partial charge in [-0.25, -0.2) is 8.42 Å². The summed E-state index contributed by atoms with van der Waals surface area (Å²) in [5.41, 5.74) is 0.517. The molecule has 0 saturated carbocycles. The van der Waals surface area contributed by atoms with Crippen LogP contribution in [0.2, 0.25) is 0 Å². The lowest BCUT2D eigenvalue weighted by atomic mass is 9.97. The minimum absolute atomic E-state index is 0.0875. The fourth-order valence-corrected chi connectivity index (χ4v) is 3.47. The van der Waals surface area contributed by atoms with E-state index in [0.717, 1.165) is 5.56 Å². The SMILES string of the molecule is Cc1ccc(S(=O)(=O)Nc2ccccc2)c(C(C)(C)O)c1. The molecule has 2 aromatic carbocycles. The van der Waals surface area contributed by atoms with E-state index in [2.05, 4.69) is 4.72 Å². The van der Waals surface area contributed by atoms with Crippen LogP contribution in [-0.4, -0.2) is 13.5 Å². The average Bonchev–Trinajstić information content (AvgIpc) is 2.38. The molecule has 0 saturated heterocycles. The van der Waals surface area contributed by atoms with Crippen LogP contribution in [0.4, 0.5) is 5.69 Å². The summed E-state index contributed by atoms with van der Waals surface area (Å²) in [6.07, 6.45) is 0. The van der Waals surface area contributed by atoms with Crippen LogP contribution >= 0.6 is 0 Å². The molecular weight excluding hydrogens is 286 g/mol. The Labute approximate surface area is 125 Å². The van der Waals surface area contributed by atoms with E-state index in [1.807, 2.05) is 13.0 Å². The van der Waals surface area contributed by atoms with E-state index in [-0.39, 0.29) is 4.90 Å². The molecule has 0 aromatic heterocycles. The van der Waals surface area contributed by atoms with Crippen LogP contribution in [0.1, 0.15) is 25.0 Å². The average molecular weight is 305 g/mol. The summed E-state index contributed by atoms with van der Waals surface area (Å²) in [5, 5.41) is 10.2. The van der Waals surface area contributed by atoms with Crippen LogP contribution in [0.3, 0.4) is 0 Å². The monoisotopic (exact) mass is 305 g/mol. The van der Waals surface area contributed by atoms with Gasteiger partial charge in [0.2, 0.25) is 0 Å². The number of benzene rings is 2. The molecule has 0 bridgehead atoms. The Morgan fingerprint density at radius 1 is 1.05 bits per heavy atom. The molecule has 0 atom stereocenters. The molecule has 0 heterocycles. The fourth-order valence-electron chi connectivity index (χ4n) is 2.07. The van der Waals surface area contributed by atoms with E-state index in [0.29, 0.717) is 11.3 Å². The summed E-state index contributed by atoms with van der Waals surface area (Å²) < 4.78 is 27.6. The number of aliphatic hydroxyl groups is 1. The van der Waals surface area contributed by atoms with Crippen molar-refractivity contribution in [3.05, 3.63) is 59.7 Å². The first kappa shape index (κ1) is 15.5. The Balaban J connectivity index is 2.50. The van der Waals surface area contributed by atoms with Gasteiger partial charge in [-0.05, 0) is 39.0 Å². The van der Waals surface area contributed by atoms with Gasteiger partial charge in [0.15, 0.2) is 0 Å². The van der Waals surface area contributed by atoms with Crippen LogP contribution in [0.5, 0.6) is 0 Å². The van der Waals surface area contributed by atoms with Crippen molar-refractivity contribution in [2.24, 2.45) is 0 Å². The van der Waals surface area contributed by atoms with Crippen LogP contribution in [0.15, 0.2) is 53.4 Å². The third-order valence-corrected chi connectivity index (χ3v) is 4.55. The number of para-hydroxylation sites is 1. The summed E-state index contributed by atoms with van der Waals surface area (Å²) in [7, 11) is -3.75. The smallest absolute Gasteiger partial charge is 0.262 e. The van der Waals surface area contributed by atoms with Crippen molar-refractivity contribution < 1.29 is 13.5 Å². The first-order chi connectivity index (χ1) is 9.70. The molecule has 2 N–H and O–H groups in total. The van der Waals surface area contributed by atoms with Crippen molar-refractivity contribution in [3.63, 3.8) is 0 Å². The van der Waals surface area contributed by atoms with E-state index in [4.69, 9.17) is 0 Å². The molecule has 0 fully saturated rings. The maximum absolute atomic E-state index is 12.6. The number of sulfonamides is 1. The number of anilines is 1. The van der Waals surface area contributed by atoms with Crippen molar-refractivity contribution >= 4 is 15.7 Å². The Bertz CT molecular complexity index is 732. The molecule has 2 aromatic rings. The molecule has 0 radical (unpaired) electrons. The van der Waals surface area contributed by atoms with Crippen LogP contribution in [0.25, 0.3) is 0 Å². The van der Waals surface area contributed by atoms with Gasteiger partial charge >= 0.3 is 0 Å². The molecule has 4 nitrogen and oxygen atoms in total. The second-order valence-electron chi connectivity index (χ2n) is 5.53. The number of rotatable bonds is 4. The normalized spacial score (nSPS) is 12.2. The standard InChI is InChI=1S/C16H19NO3S/c1-12-9-10-15(14(11-12)16(2,3)18)21(19,20)17-13-7-5-4-6-8-13/h4-11,17-18H,1-3H3. The number of hydrogen-bond donors (Lipinski definition) is 2. The Morgan fingerprint density at radius 2 is 1.67 bits per heavy atom. The lowest BCUT2D eigenvalue weighted by molar-refractivity contribution is 0.0755. The van der Waals surface area contributed by atoms with Crippen molar-refractivity contribution in [3.8, 4) is 0 Å². The zero-order chi connectivity index (χ0) is 15.7. The number of nitrogens with one attached hydrogen (secondary N) is 1. The molecular formula is C16H19NO3S. The zero-order valence-corrected chi connectivity index (χ0v) is 13.1. The van der Waals surface area contributed by atoms with Crippen molar-refractivity contribution in [1.29, 1.82) is 0 Å². The molecule has 0 aliphatic heterocycles. The molecule has 112 valence electrons. The minimum atomic E-state index is -3.75. The van der Waals surface area contributed by atoms with Crippen LogP contribution in [-0.2, 0) is 15.6 Å². The molecule has 0 amide bonds. The van der Waals surface area contributed by atoms with Gasteiger partial charge in [0, 0.05) is 11.3 Å². The highest BCUT2D eigenvalue weighted by Crippen LogP contribution is 2.29. The Morgan fingerprint density at radius 3 is 2.24 bits per heavy atom. The van der Waals surface area contributed by atoms with Gasteiger partial charge < -0.3 is 5.11 Å². The third kappa shape index (κ3) is 3.62. The van der Waals surface area contributed by atoms with E-state index in [1.165, 1.54) is 6.07 Å². The highest BCUT2D eigenvalue weighted by Gasteiger charge is 2.27. The molecule has 2 rings (SSSR count). The maximum Gasteiger partial charge on any atom is 0.262 e. The van der Waals surface area contributed by atoms with Gasteiger partial charge in [0.25, 0.3) is 10.0 Å². The van der Waals surface area contributed by atoms with Crippen LogP contribution in [0, 0.1) is 6.92 Å². The van der Waals surface area contributed by atoms with E-state index < -0.39 is 15.6 Å². The first-order valence-electron chi connectivity index (χ1n) is 6.61. The minimum Gasteiger partial charge on any atom is -0.386 e. The van der Waals surface area contributed by atoms with E-state index in [1.54, 1.807) is 50.2 Å². The van der Waals surface area contributed by atoms with Crippen molar-refractivity contribution in [2.45, 2.75) is 31.3 Å². The quantitative estimate of drug-likeness (QED) is 0.912. The molecule has 0 unspecified atom stereocenters. The Hall–Kier alpha value is -1.85. The summed E-state index contributed by atoms with van der Waals surface area (Å²) in [6, 6.07) is 13.6. The summed E-state index contributed by atoms with van der Waals surface area (Å²) in [6.45, 7) is 5.00.